The molecule has 2 aliphatic rings. The molecule has 24 heavy (non-hydrogen) atoms. The second-order valence-electron chi connectivity index (χ2n) is 7.32. The molecule has 1 aromatic rings. The third kappa shape index (κ3) is 4.77. The van der Waals surface area contributed by atoms with Crippen LogP contribution in [0.1, 0.15) is 31.2 Å². The second-order valence-corrected chi connectivity index (χ2v) is 7.32. The average molecular weight is 331 g/mol. The van der Waals surface area contributed by atoms with E-state index < -0.39 is 0 Å². The van der Waals surface area contributed by atoms with Gasteiger partial charge in [-0.3, -0.25) is 9.78 Å². The first-order valence-corrected chi connectivity index (χ1v) is 9.24. The van der Waals surface area contributed by atoms with Gasteiger partial charge >= 0.3 is 0 Å². The summed E-state index contributed by atoms with van der Waals surface area (Å²) >= 11 is 0. The van der Waals surface area contributed by atoms with Crippen molar-refractivity contribution in [1.82, 2.24) is 14.8 Å². The van der Waals surface area contributed by atoms with Gasteiger partial charge in [0.2, 0.25) is 5.91 Å². The van der Waals surface area contributed by atoms with Gasteiger partial charge in [-0.25, -0.2) is 0 Å². The molecule has 5 nitrogen and oxygen atoms in total. The Morgan fingerprint density at radius 3 is 2.75 bits per heavy atom. The smallest absolute Gasteiger partial charge is 0.222 e. The Morgan fingerprint density at radius 1 is 1.25 bits per heavy atom. The molecule has 2 fully saturated rings. The molecule has 0 aromatic carbocycles. The van der Waals surface area contributed by atoms with Crippen LogP contribution in [0.5, 0.6) is 0 Å². The predicted octanol–water partition coefficient (Wildman–Crippen LogP) is 1.57. The second kappa shape index (κ2) is 8.58. The summed E-state index contributed by atoms with van der Waals surface area (Å²) in [7, 11) is 0. The number of pyridine rings is 1. The number of carbonyl (C=O) groups excluding carboxylic acids is 1. The maximum Gasteiger partial charge on any atom is 0.222 e. The minimum absolute atomic E-state index is 0.183. The van der Waals surface area contributed by atoms with Crippen molar-refractivity contribution >= 4 is 5.91 Å². The number of rotatable bonds is 6. The van der Waals surface area contributed by atoms with Crippen molar-refractivity contribution in [3.63, 3.8) is 0 Å². The molecule has 0 aliphatic carbocycles. The molecule has 2 saturated heterocycles. The summed E-state index contributed by atoms with van der Waals surface area (Å²) in [5, 5.41) is 9.62. The van der Waals surface area contributed by atoms with Gasteiger partial charge in [0.25, 0.3) is 0 Å². The average Bonchev–Trinajstić information content (AvgIpc) is 3.13. The highest BCUT2D eigenvalue weighted by molar-refractivity contribution is 5.76. The van der Waals surface area contributed by atoms with Gasteiger partial charge in [0.05, 0.1) is 0 Å². The fourth-order valence-corrected chi connectivity index (χ4v) is 4.07. The number of piperidine rings is 1. The normalized spacial score (nSPS) is 25.1. The lowest BCUT2D eigenvalue weighted by molar-refractivity contribution is -0.134. The minimum atomic E-state index is 0.183. The van der Waals surface area contributed by atoms with E-state index in [1.807, 2.05) is 23.2 Å². The van der Waals surface area contributed by atoms with Gasteiger partial charge in [-0.05, 0) is 62.2 Å². The van der Waals surface area contributed by atoms with Gasteiger partial charge in [-0.15, -0.1) is 0 Å². The zero-order chi connectivity index (χ0) is 16.8. The summed E-state index contributed by atoms with van der Waals surface area (Å²) in [6.45, 7) is 5.19. The summed E-state index contributed by atoms with van der Waals surface area (Å²) < 4.78 is 0. The van der Waals surface area contributed by atoms with Crippen molar-refractivity contribution in [2.45, 2.75) is 32.1 Å². The van der Waals surface area contributed by atoms with Crippen molar-refractivity contribution in [2.24, 2.45) is 11.8 Å². The van der Waals surface area contributed by atoms with Gasteiger partial charge in [0.1, 0.15) is 0 Å². The van der Waals surface area contributed by atoms with Crippen molar-refractivity contribution in [1.29, 1.82) is 0 Å². The molecule has 2 unspecified atom stereocenters. The lowest BCUT2D eigenvalue weighted by atomic mass is 9.89. The summed E-state index contributed by atoms with van der Waals surface area (Å²) in [5.41, 5.74) is 1.11. The molecule has 5 heteroatoms. The molecule has 2 aliphatic heterocycles. The quantitative estimate of drug-likeness (QED) is 0.860. The number of likely N-dealkylation sites (tertiary alicyclic amines) is 2. The number of nitrogens with zero attached hydrogens (tertiary/aromatic N) is 3. The van der Waals surface area contributed by atoms with Crippen LogP contribution < -0.4 is 0 Å². The molecule has 1 aromatic heterocycles. The van der Waals surface area contributed by atoms with Crippen LogP contribution in [0.4, 0.5) is 0 Å². The number of aliphatic hydroxyl groups is 1. The fraction of sp³-hybridized carbons (Fsp3) is 0.684. The van der Waals surface area contributed by atoms with E-state index in [2.05, 4.69) is 9.88 Å². The van der Waals surface area contributed by atoms with Gasteiger partial charge in [-0.1, -0.05) is 6.07 Å². The van der Waals surface area contributed by atoms with Crippen LogP contribution in [0.2, 0.25) is 0 Å². The number of aliphatic hydroxyl groups excluding tert-OH is 1. The SMILES string of the molecule is O=C(CCc1cccnc1)N1CC(CO)CC(CN2CCCC2)C1. The number of hydrogen-bond acceptors (Lipinski definition) is 4. The first-order valence-electron chi connectivity index (χ1n) is 9.24. The van der Waals surface area contributed by atoms with Crippen LogP contribution in [0.15, 0.2) is 24.5 Å². The molecule has 1 amide bonds. The standard InChI is InChI=1S/C19H29N3O2/c23-15-18-10-17(12-21-8-1-2-9-21)13-22(14-18)19(24)6-5-16-4-3-7-20-11-16/h3-4,7,11,17-18,23H,1-2,5-6,8-10,12-15H2. The molecule has 0 bridgehead atoms. The lowest BCUT2D eigenvalue weighted by Gasteiger charge is -2.38. The molecule has 132 valence electrons. The van der Waals surface area contributed by atoms with E-state index in [4.69, 9.17) is 0 Å². The molecule has 3 heterocycles. The molecular formula is C19H29N3O2. The molecular weight excluding hydrogens is 302 g/mol. The molecule has 0 spiro atoms. The maximum absolute atomic E-state index is 12.6. The highest BCUT2D eigenvalue weighted by Crippen LogP contribution is 2.24. The Labute approximate surface area is 144 Å². The van der Waals surface area contributed by atoms with Crippen molar-refractivity contribution in [3.8, 4) is 0 Å². The first kappa shape index (κ1) is 17.4. The van der Waals surface area contributed by atoms with Crippen LogP contribution in [-0.4, -0.2) is 65.1 Å². The van der Waals surface area contributed by atoms with Gasteiger partial charge in [0.15, 0.2) is 0 Å². The lowest BCUT2D eigenvalue weighted by Crippen LogP contribution is -2.47. The van der Waals surface area contributed by atoms with Crippen LogP contribution in [0, 0.1) is 11.8 Å². The van der Waals surface area contributed by atoms with Crippen LogP contribution in [0.25, 0.3) is 0 Å². The highest BCUT2D eigenvalue weighted by Gasteiger charge is 2.30. The van der Waals surface area contributed by atoms with E-state index in [0.29, 0.717) is 18.9 Å². The molecule has 0 saturated carbocycles. The van der Waals surface area contributed by atoms with E-state index in [0.717, 1.165) is 31.5 Å². The Hall–Kier alpha value is -1.46. The van der Waals surface area contributed by atoms with E-state index in [1.54, 1.807) is 6.20 Å². The Morgan fingerprint density at radius 2 is 2.04 bits per heavy atom. The van der Waals surface area contributed by atoms with E-state index in [1.165, 1.54) is 25.9 Å². The number of amides is 1. The number of hydrogen-bond donors (Lipinski definition) is 1. The minimum Gasteiger partial charge on any atom is -0.396 e. The Kier molecular flexibility index (Phi) is 6.21. The van der Waals surface area contributed by atoms with Crippen LogP contribution in [0.3, 0.4) is 0 Å². The Balaban J connectivity index is 1.53. The number of carbonyl (C=O) groups is 1. The monoisotopic (exact) mass is 331 g/mol. The summed E-state index contributed by atoms with van der Waals surface area (Å²) in [5.74, 6) is 0.938. The van der Waals surface area contributed by atoms with Crippen molar-refractivity contribution in [3.05, 3.63) is 30.1 Å². The summed E-state index contributed by atoms with van der Waals surface area (Å²) in [4.78, 5) is 21.2. The van der Waals surface area contributed by atoms with Gasteiger partial charge in [0, 0.05) is 45.1 Å². The van der Waals surface area contributed by atoms with Crippen LogP contribution in [-0.2, 0) is 11.2 Å². The maximum atomic E-state index is 12.6. The van der Waals surface area contributed by atoms with Crippen molar-refractivity contribution < 1.29 is 9.90 Å². The predicted molar refractivity (Wildman–Crippen MR) is 93.5 cm³/mol. The van der Waals surface area contributed by atoms with Gasteiger partial charge in [-0.2, -0.15) is 0 Å². The zero-order valence-corrected chi connectivity index (χ0v) is 14.4. The van der Waals surface area contributed by atoms with Crippen molar-refractivity contribution in [2.75, 3.05) is 39.3 Å². The topological polar surface area (TPSA) is 56.7 Å². The van der Waals surface area contributed by atoms with E-state index in [-0.39, 0.29) is 18.4 Å². The third-order valence-corrected chi connectivity index (χ3v) is 5.30. The van der Waals surface area contributed by atoms with E-state index >= 15 is 0 Å². The number of aryl methyl sites for hydroxylation is 1. The summed E-state index contributed by atoms with van der Waals surface area (Å²) in [6.07, 6.45) is 8.48. The van der Waals surface area contributed by atoms with Crippen LogP contribution >= 0.6 is 0 Å². The molecule has 0 radical (unpaired) electrons. The summed E-state index contributed by atoms with van der Waals surface area (Å²) in [6, 6.07) is 3.93. The number of aromatic nitrogens is 1. The fourth-order valence-electron chi connectivity index (χ4n) is 4.07. The first-order chi connectivity index (χ1) is 11.7. The third-order valence-electron chi connectivity index (χ3n) is 5.30. The zero-order valence-electron chi connectivity index (χ0n) is 14.4. The molecule has 3 rings (SSSR count). The van der Waals surface area contributed by atoms with E-state index in [9.17, 15) is 9.90 Å². The molecule has 2 atom stereocenters. The largest absolute Gasteiger partial charge is 0.396 e. The highest BCUT2D eigenvalue weighted by atomic mass is 16.3. The van der Waals surface area contributed by atoms with Gasteiger partial charge < -0.3 is 14.9 Å². The molecule has 1 N–H and O–H groups in total. The Bertz CT molecular complexity index is 517.